The van der Waals surface area contributed by atoms with Gasteiger partial charge in [-0.2, -0.15) is 9.97 Å². The molecule has 1 heterocycles. The van der Waals surface area contributed by atoms with Crippen molar-refractivity contribution in [1.29, 1.82) is 0 Å². The minimum absolute atomic E-state index is 0.326. The van der Waals surface area contributed by atoms with E-state index in [1.54, 1.807) is 12.1 Å². The Balaban J connectivity index is 2.59. The standard InChI is InChI=1S/C19H27ClN2O4S/c1-6-7-10-18(15(23)24)11-8-9-17(2,3)19(18,20)27-16-21-13(25-4)12-14(22-16)26-5/h8,11-12H,6-7,9-10H2,1-5H3,(H,23,24). The number of hydrogen-bond donors (Lipinski definition) is 1. The van der Waals surface area contributed by atoms with Crippen molar-refractivity contribution in [2.45, 2.75) is 55.8 Å². The summed E-state index contributed by atoms with van der Waals surface area (Å²) in [6.07, 6.45) is 6.42. The summed E-state index contributed by atoms with van der Waals surface area (Å²) >= 11 is 8.38. The van der Waals surface area contributed by atoms with E-state index < -0.39 is 21.0 Å². The lowest BCUT2D eigenvalue weighted by molar-refractivity contribution is -0.149. The van der Waals surface area contributed by atoms with Gasteiger partial charge in [0.1, 0.15) is 9.62 Å². The number of alkyl halides is 1. The van der Waals surface area contributed by atoms with Gasteiger partial charge >= 0.3 is 5.97 Å². The van der Waals surface area contributed by atoms with Crippen LogP contribution in [0.25, 0.3) is 0 Å². The Morgan fingerprint density at radius 3 is 2.37 bits per heavy atom. The zero-order valence-electron chi connectivity index (χ0n) is 16.4. The second-order valence-electron chi connectivity index (χ2n) is 7.30. The number of carbonyl (C=O) groups is 1. The summed E-state index contributed by atoms with van der Waals surface area (Å²) in [5.74, 6) is -0.260. The van der Waals surface area contributed by atoms with Crippen molar-refractivity contribution < 1.29 is 19.4 Å². The number of carboxylic acid groups (broad SMARTS) is 1. The number of hydrogen-bond acceptors (Lipinski definition) is 6. The highest BCUT2D eigenvalue weighted by molar-refractivity contribution is 8.01. The molecule has 1 aliphatic rings. The summed E-state index contributed by atoms with van der Waals surface area (Å²) < 4.78 is 9.25. The third kappa shape index (κ3) is 3.90. The lowest BCUT2D eigenvalue weighted by Gasteiger charge is -2.52. The maximum Gasteiger partial charge on any atom is 0.316 e. The number of rotatable bonds is 8. The van der Waals surface area contributed by atoms with Crippen LogP contribution in [0.3, 0.4) is 0 Å². The van der Waals surface area contributed by atoms with E-state index in [1.807, 2.05) is 26.8 Å². The van der Waals surface area contributed by atoms with Crippen molar-refractivity contribution >= 4 is 29.3 Å². The Morgan fingerprint density at radius 2 is 1.89 bits per heavy atom. The Labute approximate surface area is 169 Å². The van der Waals surface area contributed by atoms with Crippen LogP contribution in [0.5, 0.6) is 11.8 Å². The number of thioether (sulfide) groups is 1. The van der Waals surface area contributed by atoms with Crippen molar-refractivity contribution in [2.75, 3.05) is 14.2 Å². The van der Waals surface area contributed by atoms with Crippen LogP contribution in [0.1, 0.15) is 46.5 Å². The van der Waals surface area contributed by atoms with Crippen molar-refractivity contribution in [1.82, 2.24) is 9.97 Å². The SMILES string of the molecule is CCCCC1(C(=O)O)C=CCC(C)(C)C1(Cl)Sc1nc(OC)cc(OC)n1. The lowest BCUT2D eigenvalue weighted by Crippen LogP contribution is -2.56. The highest BCUT2D eigenvalue weighted by Gasteiger charge is 2.63. The summed E-state index contributed by atoms with van der Waals surface area (Å²) in [6, 6.07) is 1.57. The maximum absolute atomic E-state index is 12.5. The molecule has 0 fully saturated rings. The molecule has 0 aliphatic heterocycles. The number of nitrogens with zero attached hydrogens (tertiary/aromatic N) is 2. The Kier molecular flexibility index (Phi) is 6.68. The van der Waals surface area contributed by atoms with Crippen LogP contribution in [0.4, 0.5) is 0 Å². The van der Waals surface area contributed by atoms with E-state index in [0.29, 0.717) is 29.8 Å². The van der Waals surface area contributed by atoms with Crippen LogP contribution in [0.2, 0.25) is 0 Å². The summed E-state index contributed by atoms with van der Waals surface area (Å²) in [7, 11) is 3.01. The molecular weight excluding hydrogens is 388 g/mol. The molecule has 0 aromatic carbocycles. The van der Waals surface area contributed by atoms with Crippen LogP contribution in [-0.4, -0.2) is 39.5 Å². The van der Waals surface area contributed by atoms with Crippen molar-refractivity contribution in [3.63, 3.8) is 0 Å². The second-order valence-corrected chi connectivity index (χ2v) is 9.28. The topological polar surface area (TPSA) is 81.5 Å². The van der Waals surface area contributed by atoms with Crippen molar-refractivity contribution in [3.8, 4) is 11.8 Å². The molecule has 0 bridgehead atoms. The van der Waals surface area contributed by atoms with Gasteiger partial charge in [-0.05, 0) is 18.3 Å². The normalized spacial score (nSPS) is 26.6. The van der Waals surface area contributed by atoms with Gasteiger partial charge in [-0.1, -0.05) is 57.5 Å². The molecule has 0 spiro atoms. The van der Waals surface area contributed by atoms with E-state index >= 15 is 0 Å². The molecule has 2 rings (SSSR count). The lowest BCUT2D eigenvalue weighted by atomic mass is 9.64. The van der Waals surface area contributed by atoms with Gasteiger partial charge < -0.3 is 14.6 Å². The number of halogens is 1. The number of carboxylic acids is 1. The molecule has 2 unspecified atom stereocenters. The average Bonchev–Trinajstić information content (AvgIpc) is 2.62. The van der Waals surface area contributed by atoms with Crippen LogP contribution in [0, 0.1) is 10.8 Å². The van der Waals surface area contributed by atoms with Crippen molar-refractivity contribution in [3.05, 3.63) is 18.2 Å². The molecule has 1 N–H and O–H groups in total. The molecule has 27 heavy (non-hydrogen) atoms. The van der Waals surface area contributed by atoms with E-state index in [-0.39, 0.29) is 0 Å². The molecule has 8 heteroatoms. The van der Waals surface area contributed by atoms with Crippen LogP contribution >= 0.6 is 23.4 Å². The molecule has 1 aliphatic carbocycles. The van der Waals surface area contributed by atoms with Crippen LogP contribution < -0.4 is 9.47 Å². The zero-order chi connectivity index (χ0) is 20.3. The number of ether oxygens (including phenoxy) is 2. The van der Waals surface area contributed by atoms with Gasteiger partial charge in [0.15, 0.2) is 5.16 Å². The number of unbranched alkanes of at least 4 members (excludes halogenated alkanes) is 1. The van der Waals surface area contributed by atoms with E-state index in [0.717, 1.165) is 12.8 Å². The van der Waals surface area contributed by atoms with Crippen LogP contribution in [-0.2, 0) is 4.79 Å². The predicted octanol–water partition coefficient (Wildman–Crippen LogP) is 4.77. The van der Waals surface area contributed by atoms with E-state index in [1.165, 1.54) is 26.0 Å². The minimum Gasteiger partial charge on any atom is -0.481 e. The summed E-state index contributed by atoms with van der Waals surface area (Å²) in [5, 5.41) is 10.5. The molecular formula is C19H27ClN2O4S. The second kappa shape index (κ2) is 8.27. The summed E-state index contributed by atoms with van der Waals surface area (Å²) in [4.78, 5) is 21.2. The number of methoxy groups -OCH3 is 2. The molecule has 0 saturated heterocycles. The van der Waals surface area contributed by atoms with Gasteiger partial charge in [0.05, 0.1) is 20.3 Å². The molecule has 2 atom stereocenters. The van der Waals surface area contributed by atoms with Crippen molar-refractivity contribution in [2.24, 2.45) is 10.8 Å². The Hall–Kier alpha value is -1.47. The molecule has 0 amide bonds. The fourth-order valence-corrected chi connectivity index (χ4v) is 5.25. The van der Waals surface area contributed by atoms with Gasteiger partial charge in [0.25, 0.3) is 0 Å². The molecule has 1 aromatic heterocycles. The quantitative estimate of drug-likeness (QED) is 0.372. The van der Waals surface area contributed by atoms with Gasteiger partial charge in [-0.25, -0.2) is 0 Å². The first kappa shape index (κ1) is 21.8. The third-order valence-corrected chi connectivity index (χ3v) is 7.73. The molecule has 0 radical (unpaired) electrons. The molecule has 0 saturated carbocycles. The third-order valence-electron chi connectivity index (χ3n) is 5.09. The number of aromatic nitrogens is 2. The predicted molar refractivity (Wildman–Crippen MR) is 107 cm³/mol. The van der Waals surface area contributed by atoms with E-state index in [2.05, 4.69) is 9.97 Å². The Bertz CT molecular complexity index is 705. The highest BCUT2D eigenvalue weighted by Crippen LogP contribution is 2.64. The minimum atomic E-state index is -1.24. The van der Waals surface area contributed by atoms with Gasteiger partial charge in [0, 0.05) is 0 Å². The zero-order valence-corrected chi connectivity index (χ0v) is 18.0. The smallest absolute Gasteiger partial charge is 0.316 e. The first-order chi connectivity index (χ1) is 12.7. The molecule has 1 aromatic rings. The number of allylic oxidation sites excluding steroid dienone is 1. The summed E-state index contributed by atoms with van der Waals surface area (Å²) in [6.45, 7) is 6.00. The van der Waals surface area contributed by atoms with E-state index in [9.17, 15) is 9.90 Å². The van der Waals surface area contributed by atoms with Gasteiger partial charge in [-0.15, -0.1) is 11.6 Å². The molecule has 6 nitrogen and oxygen atoms in total. The van der Waals surface area contributed by atoms with Gasteiger partial charge in [-0.3, -0.25) is 4.79 Å². The highest BCUT2D eigenvalue weighted by atomic mass is 35.5. The fraction of sp³-hybridized carbons (Fsp3) is 0.632. The number of aliphatic carboxylic acids is 1. The monoisotopic (exact) mass is 414 g/mol. The summed E-state index contributed by atoms with van der Waals surface area (Å²) in [5.41, 5.74) is -1.75. The first-order valence-corrected chi connectivity index (χ1v) is 10.1. The van der Waals surface area contributed by atoms with Gasteiger partial charge in [0.2, 0.25) is 11.8 Å². The average molecular weight is 415 g/mol. The Morgan fingerprint density at radius 1 is 1.30 bits per heavy atom. The van der Waals surface area contributed by atoms with E-state index in [4.69, 9.17) is 21.1 Å². The van der Waals surface area contributed by atoms with Crippen LogP contribution in [0.15, 0.2) is 23.4 Å². The molecule has 150 valence electrons. The fourth-order valence-electron chi connectivity index (χ4n) is 3.41. The largest absolute Gasteiger partial charge is 0.481 e. The first-order valence-electron chi connectivity index (χ1n) is 8.92. The maximum atomic E-state index is 12.5.